The molecule has 28 heavy (non-hydrogen) atoms. The van der Waals surface area contributed by atoms with Crippen LogP contribution in [-0.2, 0) is 9.47 Å². The second-order valence-electron chi connectivity index (χ2n) is 5.64. The fraction of sp³-hybridized carbons (Fsp3) is 0.0952. The second-order valence-corrected chi connectivity index (χ2v) is 5.64. The van der Waals surface area contributed by atoms with Gasteiger partial charge in [-0.25, -0.2) is 18.7 Å². The Labute approximate surface area is 160 Å². The lowest BCUT2D eigenvalue weighted by Gasteiger charge is -2.07. The topological polar surface area (TPSA) is 70.4 Å². The SMILES string of the molecule is C#Cc1ccc(F)c(-c2nn(-c3ccccc3)c(C(=O)OC)c2C(=O)OC)c1. The maximum Gasteiger partial charge on any atom is 0.357 e. The first-order valence-corrected chi connectivity index (χ1v) is 8.13. The van der Waals surface area contributed by atoms with Crippen LogP contribution >= 0.6 is 0 Å². The number of ether oxygens (including phenoxy) is 2. The fourth-order valence-electron chi connectivity index (χ4n) is 2.74. The highest BCUT2D eigenvalue weighted by molar-refractivity contribution is 6.06. The quantitative estimate of drug-likeness (QED) is 0.515. The number of rotatable bonds is 4. The van der Waals surface area contributed by atoms with Crippen molar-refractivity contribution in [3.63, 3.8) is 0 Å². The number of carbonyl (C=O) groups is 2. The largest absolute Gasteiger partial charge is 0.465 e. The van der Waals surface area contributed by atoms with Gasteiger partial charge in [-0.3, -0.25) is 0 Å². The van der Waals surface area contributed by atoms with Gasteiger partial charge in [0.25, 0.3) is 0 Å². The van der Waals surface area contributed by atoms with Crippen LogP contribution in [0.25, 0.3) is 16.9 Å². The van der Waals surface area contributed by atoms with Gasteiger partial charge in [-0.2, -0.15) is 5.10 Å². The molecule has 1 heterocycles. The van der Waals surface area contributed by atoms with Crippen molar-refractivity contribution in [2.45, 2.75) is 0 Å². The van der Waals surface area contributed by atoms with Gasteiger partial charge in [0.05, 0.1) is 19.9 Å². The number of methoxy groups -OCH3 is 2. The molecule has 7 heteroatoms. The Bertz CT molecular complexity index is 1100. The number of aromatic nitrogens is 2. The summed E-state index contributed by atoms with van der Waals surface area (Å²) in [6.45, 7) is 0. The Kier molecular flexibility index (Phi) is 5.23. The van der Waals surface area contributed by atoms with Crippen molar-refractivity contribution in [2.75, 3.05) is 14.2 Å². The van der Waals surface area contributed by atoms with Gasteiger partial charge in [0.15, 0.2) is 5.69 Å². The summed E-state index contributed by atoms with van der Waals surface area (Å²) in [6.07, 6.45) is 5.40. The summed E-state index contributed by atoms with van der Waals surface area (Å²) in [7, 11) is 2.33. The number of hydrogen-bond donors (Lipinski definition) is 0. The summed E-state index contributed by atoms with van der Waals surface area (Å²) in [5.74, 6) is 0.0697. The molecule has 0 aliphatic carbocycles. The molecule has 0 aliphatic rings. The number of esters is 2. The average Bonchev–Trinajstić information content (AvgIpc) is 3.14. The minimum absolute atomic E-state index is 0.0318. The number of terminal acetylenes is 1. The van der Waals surface area contributed by atoms with Gasteiger partial charge < -0.3 is 9.47 Å². The fourth-order valence-corrected chi connectivity index (χ4v) is 2.74. The summed E-state index contributed by atoms with van der Waals surface area (Å²) >= 11 is 0. The van der Waals surface area contributed by atoms with E-state index in [4.69, 9.17) is 15.9 Å². The third-order valence-corrected chi connectivity index (χ3v) is 4.04. The lowest BCUT2D eigenvalue weighted by atomic mass is 10.0. The molecule has 0 amide bonds. The third kappa shape index (κ3) is 3.23. The Morgan fingerprint density at radius 3 is 2.36 bits per heavy atom. The van der Waals surface area contributed by atoms with Crippen molar-refractivity contribution in [1.29, 1.82) is 0 Å². The van der Waals surface area contributed by atoms with Crippen molar-refractivity contribution < 1.29 is 23.5 Å². The molecule has 6 nitrogen and oxygen atoms in total. The first-order chi connectivity index (χ1) is 13.5. The number of hydrogen-bond acceptors (Lipinski definition) is 5. The molecule has 0 unspecified atom stereocenters. The van der Waals surface area contributed by atoms with Crippen LogP contribution in [-0.4, -0.2) is 35.9 Å². The van der Waals surface area contributed by atoms with Crippen LogP contribution < -0.4 is 0 Å². The predicted molar refractivity (Wildman–Crippen MR) is 99.6 cm³/mol. The van der Waals surface area contributed by atoms with Crippen LogP contribution in [0.2, 0.25) is 0 Å². The lowest BCUT2D eigenvalue weighted by Crippen LogP contribution is -2.15. The van der Waals surface area contributed by atoms with Crippen molar-refractivity contribution >= 4 is 11.9 Å². The molecular weight excluding hydrogens is 363 g/mol. The highest BCUT2D eigenvalue weighted by atomic mass is 19.1. The molecule has 0 aliphatic heterocycles. The van der Waals surface area contributed by atoms with Crippen molar-refractivity contribution in [2.24, 2.45) is 0 Å². The monoisotopic (exact) mass is 378 g/mol. The van der Waals surface area contributed by atoms with E-state index in [0.29, 0.717) is 11.3 Å². The minimum atomic E-state index is -0.858. The second kappa shape index (κ2) is 7.76. The molecule has 0 atom stereocenters. The molecule has 0 saturated heterocycles. The zero-order valence-electron chi connectivity index (χ0n) is 15.1. The smallest absolute Gasteiger partial charge is 0.357 e. The molecule has 0 radical (unpaired) electrons. The van der Waals surface area contributed by atoms with E-state index in [0.717, 1.165) is 7.11 Å². The zero-order chi connectivity index (χ0) is 20.3. The van der Waals surface area contributed by atoms with Crippen LogP contribution in [0.4, 0.5) is 4.39 Å². The van der Waals surface area contributed by atoms with Crippen LogP contribution in [0.5, 0.6) is 0 Å². The first-order valence-electron chi connectivity index (χ1n) is 8.13. The molecule has 0 N–H and O–H groups in total. The predicted octanol–water partition coefficient (Wildman–Crippen LogP) is 3.23. The van der Waals surface area contributed by atoms with E-state index in [1.165, 1.54) is 30.0 Å². The maximum absolute atomic E-state index is 14.6. The van der Waals surface area contributed by atoms with E-state index in [1.807, 2.05) is 0 Å². The molecule has 3 aromatic rings. The van der Waals surface area contributed by atoms with Gasteiger partial charge in [-0.1, -0.05) is 24.1 Å². The standard InChI is InChI=1S/C21H15FN2O4/c1-4-13-10-11-16(22)15(12-13)18-17(20(25)27-2)19(21(26)28-3)24(23-18)14-8-6-5-7-9-14/h1,5-12H,2-3H3. The molecule has 140 valence electrons. The number of para-hydroxylation sites is 1. The maximum atomic E-state index is 14.6. The summed E-state index contributed by atoms with van der Waals surface area (Å²) in [4.78, 5) is 25.0. The van der Waals surface area contributed by atoms with Crippen LogP contribution in [0.3, 0.4) is 0 Å². The Morgan fingerprint density at radius 1 is 1.07 bits per heavy atom. The Morgan fingerprint density at radius 2 is 1.75 bits per heavy atom. The van der Waals surface area contributed by atoms with E-state index < -0.39 is 17.8 Å². The van der Waals surface area contributed by atoms with E-state index in [-0.39, 0.29) is 22.5 Å². The van der Waals surface area contributed by atoms with Gasteiger partial charge >= 0.3 is 11.9 Å². The molecule has 0 bridgehead atoms. The lowest BCUT2D eigenvalue weighted by molar-refractivity contribution is 0.0549. The summed E-state index contributed by atoms with van der Waals surface area (Å²) in [5.41, 5.74) is 0.364. The van der Waals surface area contributed by atoms with Gasteiger partial charge in [0.1, 0.15) is 17.1 Å². The first kappa shape index (κ1) is 18.9. The number of halogens is 1. The molecule has 1 aromatic heterocycles. The highest BCUT2D eigenvalue weighted by Gasteiger charge is 2.32. The van der Waals surface area contributed by atoms with E-state index in [9.17, 15) is 14.0 Å². The van der Waals surface area contributed by atoms with Crippen LogP contribution in [0, 0.1) is 18.2 Å². The normalized spacial score (nSPS) is 10.2. The van der Waals surface area contributed by atoms with E-state index in [2.05, 4.69) is 11.0 Å². The Hall–Kier alpha value is -3.92. The molecule has 0 fully saturated rings. The average molecular weight is 378 g/mol. The van der Waals surface area contributed by atoms with Crippen LogP contribution in [0.1, 0.15) is 26.4 Å². The van der Waals surface area contributed by atoms with Gasteiger partial charge in [0.2, 0.25) is 0 Å². The van der Waals surface area contributed by atoms with Gasteiger partial charge in [-0.15, -0.1) is 6.42 Å². The molecule has 0 spiro atoms. The van der Waals surface area contributed by atoms with Crippen molar-refractivity contribution in [1.82, 2.24) is 9.78 Å². The van der Waals surface area contributed by atoms with E-state index in [1.54, 1.807) is 30.3 Å². The number of nitrogens with zero attached hydrogens (tertiary/aromatic N) is 2. The molecular formula is C21H15FN2O4. The van der Waals surface area contributed by atoms with Gasteiger partial charge in [0, 0.05) is 11.1 Å². The van der Waals surface area contributed by atoms with Crippen molar-refractivity contribution in [3.8, 4) is 29.3 Å². The summed E-state index contributed by atoms with van der Waals surface area (Å²) in [5, 5.41) is 4.33. The number of carbonyl (C=O) groups excluding carboxylic acids is 2. The molecule has 0 saturated carbocycles. The van der Waals surface area contributed by atoms with Crippen LogP contribution in [0.15, 0.2) is 48.5 Å². The Balaban J connectivity index is 2.41. The highest BCUT2D eigenvalue weighted by Crippen LogP contribution is 2.31. The molecule has 2 aromatic carbocycles. The number of benzene rings is 2. The molecule has 3 rings (SSSR count). The summed E-state index contributed by atoms with van der Waals surface area (Å²) < 4.78 is 25.4. The minimum Gasteiger partial charge on any atom is -0.465 e. The van der Waals surface area contributed by atoms with E-state index >= 15 is 0 Å². The zero-order valence-corrected chi connectivity index (χ0v) is 15.1. The van der Waals surface area contributed by atoms with Gasteiger partial charge in [-0.05, 0) is 30.3 Å². The third-order valence-electron chi connectivity index (χ3n) is 4.04. The van der Waals surface area contributed by atoms with Crippen molar-refractivity contribution in [3.05, 3.63) is 71.2 Å². The summed E-state index contributed by atoms with van der Waals surface area (Å²) in [6, 6.07) is 12.6.